The van der Waals surface area contributed by atoms with Crippen molar-refractivity contribution in [1.29, 1.82) is 5.26 Å². The molecular weight excluding hydrogens is 302 g/mol. The molecule has 5 heteroatoms. The lowest BCUT2D eigenvalue weighted by Crippen LogP contribution is -2.21. The van der Waals surface area contributed by atoms with Gasteiger partial charge >= 0.3 is 0 Å². The second-order valence-corrected chi connectivity index (χ2v) is 5.18. The van der Waals surface area contributed by atoms with E-state index in [0.717, 1.165) is 11.3 Å². The van der Waals surface area contributed by atoms with E-state index in [9.17, 15) is 4.79 Å². The molecule has 0 N–H and O–H groups in total. The van der Waals surface area contributed by atoms with Crippen LogP contribution in [0.1, 0.15) is 12.5 Å². The zero-order chi connectivity index (χ0) is 16.9. The lowest BCUT2D eigenvalue weighted by Gasteiger charge is -2.11. The molecule has 0 aromatic heterocycles. The van der Waals surface area contributed by atoms with Crippen LogP contribution in [-0.2, 0) is 4.79 Å². The molecule has 0 bridgehead atoms. The van der Waals surface area contributed by atoms with Crippen molar-refractivity contribution in [3.63, 3.8) is 0 Å². The van der Waals surface area contributed by atoms with E-state index in [1.807, 2.05) is 54.6 Å². The third-order valence-electron chi connectivity index (χ3n) is 3.57. The molecule has 0 atom stereocenters. The van der Waals surface area contributed by atoms with Crippen LogP contribution in [0.4, 0.5) is 5.69 Å². The van der Waals surface area contributed by atoms with Crippen molar-refractivity contribution in [2.75, 3.05) is 11.6 Å². The second-order valence-electron chi connectivity index (χ2n) is 5.18. The first-order valence-corrected chi connectivity index (χ1v) is 7.46. The van der Waals surface area contributed by atoms with Crippen molar-refractivity contribution < 1.29 is 9.53 Å². The smallest absolute Gasteiger partial charge is 0.280 e. The van der Waals surface area contributed by atoms with Crippen LogP contribution in [0.2, 0.25) is 0 Å². The van der Waals surface area contributed by atoms with Crippen molar-refractivity contribution in [3.05, 3.63) is 65.7 Å². The molecule has 0 saturated carbocycles. The second kappa shape index (κ2) is 6.80. The van der Waals surface area contributed by atoms with Gasteiger partial charge in [-0.05, 0) is 31.2 Å². The number of hydrogen-bond donors (Lipinski definition) is 0. The summed E-state index contributed by atoms with van der Waals surface area (Å²) in [6.45, 7) is 1.75. The molecule has 0 spiro atoms. The van der Waals surface area contributed by atoms with Crippen molar-refractivity contribution >= 4 is 23.4 Å². The average Bonchev–Trinajstić information content (AvgIpc) is 2.90. The monoisotopic (exact) mass is 317 g/mol. The average molecular weight is 317 g/mol. The van der Waals surface area contributed by atoms with Crippen LogP contribution in [-0.4, -0.2) is 18.2 Å². The van der Waals surface area contributed by atoms with Gasteiger partial charge in [0.05, 0.1) is 17.0 Å². The Balaban J connectivity index is 1.94. The van der Waals surface area contributed by atoms with Crippen LogP contribution in [0.5, 0.6) is 5.75 Å². The highest BCUT2D eigenvalue weighted by Crippen LogP contribution is 2.27. The van der Waals surface area contributed by atoms with Gasteiger partial charge in [-0.25, -0.2) is 0 Å². The van der Waals surface area contributed by atoms with Gasteiger partial charge in [0, 0.05) is 5.56 Å². The Bertz CT molecular complexity index is 864. The number of nitriles is 1. The van der Waals surface area contributed by atoms with Gasteiger partial charge in [-0.3, -0.25) is 4.79 Å². The van der Waals surface area contributed by atoms with Crippen LogP contribution in [0.3, 0.4) is 0 Å². The molecule has 2 aromatic carbocycles. The number of amides is 1. The van der Waals surface area contributed by atoms with Gasteiger partial charge in [0.1, 0.15) is 11.8 Å². The van der Waals surface area contributed by atoms with Crippen molar-refractivity contribution in [2.45, 2.75) is 6.92 Å². The number of para-hydroxylation sites is 2. The molecule has 0 aliphatic carbocycles. The van der Waals surface area contributed by atoms with Gasteiger partial charge in [-0.15, -0.1) is 0 Å². The summed E-state index contributed by atoms with van der Waals surface area (Å²) in [5.41, 5.74) is 2.60. The minimum Gasteiger partial charge on any atom is -0.478 e. The summed E-state index contributed by atoms with van der Waals surface area (Å²) in [5.74, 6) is 0.374. The maximum Gasteiger partial charge on any atom is 0.280 e. The van der Waals surface area contributed by atoms with E-state index in [-0.39, 0.29) is 12.5 Å². The van der Waals surface area contributed by atoms with Crippen molar-refractivity contribution in [1.82, 2.24) is 0 Å². The van der Waals surface area contributed by atoms with E-state index in [4.69, 9.17) is 10.00 Å². The summed E-state index contributed by atoms with van der Waals surface area (Å²) in [6, 6.07) is 18.5. The number of nitrogens with zero attached hydrogens (tertiary/aromatic N) is 3. The predicted molar refractivity (Wildman–Crippen MR) is 92.6 cm³/mol. The summed E-state index contributed by atoms with van der Waals surface area (Å²) in [5, 5.41) is 14.4. The molecule has 1 aliphatic rings. The van der Waals surface area contributed by atoms with Crippen LogP contribution < -0.4 is 9.75 Å². The number of carbonyl (C=O) groups excluding carboxylic acids is 1. The van der Waals surface area contributed by atoms with E-state index in [2.05, 4.69) is 5.10 Å². The number of benzene rings is 2. The van der Waals surface area contributed by atoms with Gasteiger partial charge in [0.15, 0.2) is 6.61 Å². The first-order valence-electron chi connectivity index (χ1n) is 7.46. The van der Waals surface area contributed by atoms with Crippen LogP contribution in [0.25, 0.3) is 6.08 Å². The molecule has 1 aliphatic heterocycles. The highest BCUT2D eigenvalue weighted by molar-refractivity contribution is 6.32. The van der Waals surface area contributed by atoms with Gasteiger partial charge in [0.25, 0.3) is 5.91 Å². The molecule has 1 heterocycles. The molecule has 2 aromatic rings. The van der Waals surface area contributed by atoms with Crippen molar-refractivity contribution in [3.8, 4) is 11.8 Å². The normalized spacial score (nSPS) is 15.3. The number of rotatable bonds is 4. The van der Waals surface area contributed by atoms with Crippen LogP contribution in [0, 0.1) is 11.3 Å². The number of anilines is 1. The SMILES string of the molecule is CC1=NN(c2ccccc2)C(=O)/C1=C\c1ccccc1OCC#N. The maximum absolute atomic E-state index is 12.7. The summed E-state index contributed by atoms with van der Waals surface area (Å²) in [6.07, 6.45) is 1.75. The quantitative estimate of drug-likeness (QED) is 0.812. The van der Waals surface area contributed by atoms with Gasteiger partial charge in [-0.2, -0.15) is 15.4 Å². The first-order chi connectivity index (χ1) is 11.7. The Morgan fingerprint density at radius 1 is 1.17 bits per heavy atom. The van der Waals surface area contributed by atoms with Gasteiger partial charge in [0.2, 0.25) is 0 Å². The summed E-state index contributed by atoms with van der Waals surface area (Å²) >= 11 is 0. The Morgan fingerprint density at radius 3 is 2.62 bits per heavy atom. The van der Waals surface area contributed by atoms with Crippen LogP contribution >= 0.6 is 0 Å². The molecule has 118 valence electrons. The highest BCUT2D eigenvalue weighted by atomic mass is 16.5. The zero-order valence-electron chi connectivity index (χ0n) is 13.1. The van der Waals surface area contributed by atoms with E-state index < -0.39 is 0 Å². The number of ether oxygens (including phenoxy) is 1. The Hall–Kier alpha value is -3.39. The summed E-state index contributed by atoms with van der Waals surface area (Å²) < 4.78 is 5.41. The minimum absolute atomic E-state index is 0.0443. The molecule has 0 fully saturated rings. The van der Waals surface area contributed by atoms with E-state index >= 15 is 0 Å². The van der Waals surface area contributed by atoms with E-state index in [0.29, 0.717) is 17.0 Å². The van der Waals surface area contributed by atoms with Gasteiger partial charge < -0.3 is 4.74 Å². The number of hydrazone groups is 1. The van der Waals surface area contributed by atoms with Crippen LogP contribution in [0.15, 0.2) is 65.3 Å². The Labute approximate surface area is 140 Å². The standard InChI is InChI=1S/C19H15N3O2/c1-14-17(13-15-7-5-6-10-18(15)24-12-11-20)19(23)22(21-14)16-8-3-2-4-9-16/h2-10,13H,12H2,1H3/b17-13-. The van der Waals surface area contributed by atoms with E-state index in [1.165, 1.54) is 5.01 Å². The Kier molecular flexibility index (Phi) is 4.39. The lowest BCUT2D eigenvalue weighted by atomic mass is 10.1. The molecule has 0 unspecified atom stereocenters. The molecule has 0 radical (unpaired) electrons. The maximum atomic E-state index is 12.7. The molecular formula is C19H15N3O2. The first kappa shape index (κ1) is 15.5. The third-order valence-corrected chi connectivity index (χ3v) is 3.57. The predicted octanol–water partition coefficient (Wildman–Crippen LogP) is 3.40. The summed E-state index contributed by atoms with van der Waals surface area (Å²) in [7, 11) is 0. The minimum atomic E-state index is -0.186. The molecule has 1 amide bonds. The molecule has 5 nitrogen and oxygen atoms in total. The zero-order valence-corrected chi connectivity index (χ0v) is 13.1. The third kappa shape index (κ3) is 3.03. The van der Waals surface area contributed by atoms with Crippen molar-refractivity contribution in [2.24, 2.45) is 5.10 Å². The molecule has 24 heavy (non-hydrogen) atoms. The fraction of sp³-hybridized carbons (Fsp3) is 0.105. The van der Waals surface area contributed by atoms with Gasteiger partial charge in [-0.1, -0.05) is 36.4 Å². The molecule has 3 rings (SSSR count). The summed E-state index contributed by atoms with van der Waals surface area (Å²) in [4.78, 5) is 12.7. The Morgan fingerprint density at radius 2 is 1.88 bits per heavy atom. The topological polar surface area (TPSA) is 65.7 Å². The number of carbonyl (C=O) groups is 1. The highest BCUT2D eigenvalue weighted by Gasteiger charge is 2.28. The fourth-order valence-electron chi connectivity index (χ4n) is 2.43. The lowest BCUT2D eigenvalue weighted by molar-refractivity contribution is -0.114. The van der Waals surface area contributed by atoms with E-state index in [1.54, 1.807) is 19.1 Å². The fourth-order valence-corrected chi connectivity index (χ4v) is 2.43. The molecule has 0 saturated heterocycles. The number of hydrogen-bond acceptors (Lipinski definition) is 4. The largest absolute Gasteiger partial charge is 0.478 e.